The first-order chi connectivity index (χ1) is 6.81. The van der Waals surface area contributed by atoms with Gasteiger partial charge in [-0.05, 0) is 6.42 Å². The Kier molecular flexibility index (Phi) is 2.52. The van der Waals surface area contributed by atoms with Crippen LogP contribution < -0.4 is 0 Å². The molecule has 0 bridgehead atoms. The fraction of sp³-hybridized carbons (Fsp3) is 0.600. The van der Waals surface area contributed by atoms with Crippen LogP contribution in [0.1, 0.15) is 25.6 Å². The highest BCUT2D eigenvalue weighted by atomic mass is 15.4. The summed E-state index contributed by atoms with van der Waals surface area (Å²) in [6.07, 6.45) is 3.86. The average molecular weight is 192 g/mol. The molecule has 0 aromatic carbocycles. The van der Waals surface area contributed by atoms with E-state index in [-0.39, 0.29) is 0 Å². The number of hydrogen-bond donors (Lipinski definition) is 0. The third-order valence-corrected chi connectivity index (χ3v) is 2.60. The van der Waals surface area contributed by atoms with Crippen molar-refractivity contribution in [1.29, 1.82) is 0 Å². The molecule has 1 aromatic heterocycles. The van der Waals surface area contributed by atoms with Crippen molar-refractivity contribution in [2.45, 2.75) is 32.9 Å². The Balaban J connectivity index is 2.04. The molecule has 76 valence electrons. The van der Waals surface area contributed by atoms with Crippen LogP contribution in [-0.2, 0) is 13.1 Å². The highest BCUT2D eigenvalue weighted by Crippen LogP contribution is 2.16. The summed E-state index contributed by atoms with van der Waals surface area (Å²) >= 11 is 0. The van der Waals surface area contributed by atoms with E-state index >= 15 is 0 Å². The van der Waals surface area contributed by atoms with Gasteiger partial charge in [0.15, 0.2) is 0 Å². The maximum Gasteiger partial charge on any atom is 0.146 e. The normalized spacial score (nSPS) is 15.4. The van der Waals surface area contributed by atoms with E-state index in [4.69, 9.17) is 0 Å². The molecule has 0 unspecified atom stereocenters. The lowest BCUT2D eigenvalue weighted by Crippen LogP contribution is -2.33. The molecule has 2 heterocycles. The summed E-state index contributed by atoms with van der Waals surface area (Å²) in [7, 11) is 0. The minimum Gasteiger partial charge on any atom is -0.366 e. The van der Waals surface area contributed by atoms with Crippen molar-refractivity contribution >= 4 is 0 Å². The first kappa shape index (κ1) is 9.24. The van der Waals surface area contributed by atoms with Gasteiger partial charge in [-0.1, -0.05) is 19.9 Å². The Morgan fingerprint density at radius 1 is 1.57 bits per heavy atom. The maximum absolute atomic E-state index is 4.22. The number of aromatic nitrogens is 3. The summed E-state index contributed by atoms with van der Waals surface area (Å²) in [5.41, 5.74) is 1.22. The summed E-state index contributed by atoms with van der Waals surface area (Å²) in [6.45, 7) is 9.07. The molecule has 1 aromatic rings. The van der Waals surface area contributed by atoms with Gasteiger partial charge in [-0.3, -0.25) is 0 Å². The van der Waals surface area contributed by atoms with Crippen molar-refractivity contribution < 1.29 is 0 Å². The molecule has 0 amide bonds. The maximum atomic E-state index is 4.22. The largest absolute Gasteiger partial charge is 0.366 e. The van der Waals surface area contributed by atoms with Gasteiger partial charge in [0.25, 0.3) is 0 Å². The average Bonchev–Trinajstić information content (AvgIpc) is 2.64. The van der Waals surface area contributed by atoms with Crippen molar-refractivity contribution in [2.75, 3.05) is 6.54 Å². The minimum absolute atomic E-state index is 0.860. The molecule has 0 atom stereocenters. The van der Waals surface area contributed by atoms with Gasteiger partial charge in [0.05, 0.1) is 13.1 Å². The second-order valence-corrected chi connectivity index (χ2v) is 3.64. The highest BCUT2D eigenvalue weighted by molar-refractivity contribution is 4.99. The van der Waals surface area contributed by atoms with Gasteiger partial charge in [-0.15, -0.1) is 0 Å². The van der Waals surface area contributed by atoms with E-state index in [1.54, 1.807) is 6.33 Å². The molecule has 2 rings (SSSR count). The van der Waals surface area contributed by atoms with Gasteiger partial charge >= 0.3 is 0 Å². The first-order valence-corrected chi connectivity index (χ1v) is 5.10. The number of nitrogens with zero attached hydrogens (tertiary/aromatic N) is 4. The predicted octanol–water partition coefficient (Wildman–Crippen LogP) is 1.41. The fourth-order valence-electron chi connectivity index (χ4n) is 1.78. The van der Waals surface area contributed by atoms with Crippen LogP contribution in [0.15, 0.2) is 18.6 Å². The smallest absolute Gasteiger partial charge is 0.146 e. The van der Waals surface area contributed by atoms with Crippen molar-refractivity contribution in [1.82, 2.24) is 19.7 Å². The zero-order valence-electron chi connectivity index (χ0n) is 8.61. The second kappa shape index (κ2) is 3.82. The van der Waals surface area contributed by atoms with Gasteiger partial charge < -0.3 is 4.90 Å². The standard InChI is InChI=1S/C10H16N4/c1-3-4-9(2)13-5-6-14-10(7-13)11-8-12-14/h8H,2-7H2,1H3. The monoisotopic (exact) mass is 192 g/mol. The van der Waals surface area contributed by atoms with Gasteiger partial charge in [-0.2, -0.15) is 5.10 Å². The molecule has 0 N–H and O–H groups in total. The molecule has 1 aliphatic heterocycles. The van der Waals surface area contributed by atoms with Crippen LogP contribution in [0.3, 0.4) is 0 Å². The summed E-state index contributed by atoms with van der Waals surface area (Å²) in [6, 6.07) is 0. The van der Waals surface area contributed by atoms with Crippen molar-refractivity contribution in [3.63, 3.8) is 0 Å². The lowest BCUT2D eigenvalue weighted by atomic mass is 10.2. The molecular formula is C10H16N4. The van der Waals surface area contributed by atoms with Crippen LogP contribution in [-0.4, -0.2) is 26.2 Å². The van der Waals surface area contributed by atoms with Crippen LogP contribution in [0.5, 0.6) is 0 Å². The Bertz CT molecular complexity index is 329. The van der Waals surface area contributed by atoms with Crippen molar-refractivity contribution in [3.05, 3.63) is 24.4 Å². The molecular weight excluding hydrogens is 176 g/mol. The van der Waals surface area contributed by atoms with Gasteiger partial charge in [0, 0.05) is 12.2 Å². The van der Waals surface area contributed by atoms with E-state index in [1.165, 1.54) is 5.70 Å². The van der Waals surface area contributed by atoms with Crippen LogP contribution in [0.4, 0.5) is 0 Å². The van der Waals surface area contributed by atoms with E-state index in [2.05, 4.69) is 28.5 Å². The summed E-state index contributed by atoms with van der Waals surface area (Å²) < 4.78 is 1.97. The Hall–Kier alpha value is -1.32. The van der Waals surface area contributed by atoms with Crippen molar-refractivity contribution in [2.24, 2.45) is 0 Å². The van der Waals surface area contributed by atoms with E-state index in [0.29, 0.717) is 0 Å². The molecule has 14 heavy (non-hydrogen) atoms. The number of hydrogen-bond acceptors (Lipinski definition) is 3. The zero-order chi connectivity index (χ0) is 9.97. The summed E-state index contributed by atoms with van der Waals surface area (Å²) in [5.74, 6) is 1.05. The summed E-state index contributed by atoms with van der Waals surface area (Å²) in [5, 5.41) is 4.15. The van der Waals surface area contributed by atoms with Crippen molar-refractivity contribution in [3.8, 4) is 0 Å². The highest BCUT2D eigenvalue weighted by Gasteiger charge is 2.17. The minimum atomic E-state index is 0.860. The van der Waals surface area contributed by atoms with Gasteiger partial charge in [0.2, 0.25) is 0 Å². The molecule has 0 spiro atoms. The topological polar surface area (TPSA) is 34.0 Å². The van der Waals surface area contributed by atoms with E-state index in [9.17, 15) is 0 Å². The lowest BCUT2D eigenvalue weighted by molar-refractivity contribution is 0.255. The van der Waals surface area contributed by atoms with Crippen LogP contribution in [0.25, 0.3) is 0 Å². The molecule has 1 aliphatic rings. The molecule has 0 saturated heterocycles. The molecule has 4 heteroatoms. The van der Waals surface area contributed by atoms with E-state index in [1.807, 2.05) is 4.68 Å². The molecule has 0 saturated carbocycles. The number of allylic oxidation sites excluding steroid dienone is 1. The van der Waals surface area contributed by atoms with Crippen LogP contribution in [0.2, 0.25) is 0 Å². The second-order valence-electron chi connectivity index (χ2n) is 3.64. The van der Waals surface area contributed by atoms with Crippen LogP contribution in [0, 0.1) is 0 Å². The molecule has 0 fully saturated rings. The van der Waals surface area contributed by atoms with Crippen LogP contribution >= 0.6 is 0 Å². The molecule has 0 radical (unpaired) electrons. The van der Waals surface area contributed by atoms with E-state index < -0.39 is 0 Å². The Morgan fingerprint density at radius 2 is 2.43 bits per heavy atom. The molecule has 0 aliphatic carbocycles. The Morgan fingerprint density at radius 3 is 3.21 bits per heavy atom. The third kappa shape index (κ3) is 1.64. The SMILES string of the molecule is C=C(CCC)N1CCn2ncnc2C1. The van der Waals surface area contributed by atoms with E-state index in [0.717, 1.165) is 38.3 Å². The fourth-order valence-corrected chi connectivity index (χ4v) is 1.78. The predicted molar refractivity (Wildman–Crippen MR) is 54.5 cm³/mol. The molecule has 4 nitrogen and oxygen atoms in total. The van der Waals surface area contributed by atoms with Gasteiger partial charge in [-0.25, -0.2) is 9.67 Å². The number of fused-ring (bicyclic) bond motifs is 1. The lowest BCUT2D eigenvalue weighted by Gasteiger charge is -2.30. The first-order valence-electron chi connectivity index (χ1n) is 5.10. The Labute approximate surface area is 84.2 Å². The zero-order valence-corrected chi connectivity index (χ0v) is 8.61. The summed E-state index contributed by atoms with van der Waals surface area (Å²) in [4.78, 5) is 6.52. The number of rotatable bonds is 3. The quantitative estimate of drug-likeness (QED) is 0.726. The third-order valence-electron chi connectivity index (χ3n) is 2.60. The van der Waals surface area contributed by atoms with Gasteiger partial charge in [0.1, 0.15) is 12.2 Å².